The fourth-order valence-electron chi connectivity index (χ4n) is 1.59. The number of hydrogen-bond donors (Lipinski definition) is 1. The van der Waals surface area contributed by atoms with E-state index in [4.69, 9.17) is 0 Å². The van der Waals surface area contributed by atoms with Gasteiger partial charge in [0.15, 0.2) is 0 Å². The second-order valence-electron chi connectivity index (χ2n) is 3.85. The van der Waals surface area contributed by atoms with Crippen LogP contribution in [0.15, 0.2) is 24.3 Å². The molecule has 1 aromatic rings. The zero-order chi connectivity index (χ0) is 14.5. The van der Waals surface area contributed by atoms with Crippen LogP contribution in [0.3, 0.4) is 0 Å². The van der Waals surface area contributed by atoms with Crippen molar-refractivity contribution in [1.82, 2.24) is 5.32 Å². The fraction of sp³-hybridized carbons (Fsp3) is 0.500. The monoisotopic (exact) mass is 283 g/mol. The standard InChI is InChI=1S/C12H14F5NO/c1-2-7-18-10(11(13)14)8-5-3-4-6-9(8)19-12(15,16)17/h3-6,10-11,18H,2,7H2,1H3. The summed E-state index contributed by atoms with van der Waals surface area (Å²) in [7, 11) is 0. The first-order valence-electron chi connectivity index (χ1n) is 5.71. The molecule has 1 unspecified atom stereocenters. The molecular formula is C12H14F5NO. The lowest BCUT2D eigenvalue weighted by atomic mass is 10.1. The molecule has 1 N–H and O–H groups in total. The molecule has 0 aliphatic carbocycles. The minimum atomic E-state index is -4.91. The summed E-state index contributed by atoms with van der Waals surface area (Å²) in [6.45, 7) is 2.04. The summed E-state index contributed by atoms with van der Waals surface area (Å²) in [6, 6.07) is 3.42. The fourth-order valence-corrected chi connectivity index (χ4v) is 1.59. The van der Waals surface area contributed by atoms with Crippen LogP contribution >= 0.6 is 0 Å². The van der Waals surface area contributed by atoms with Crippen LogP contribution in [-0.2, 0) is 0 Å². The molecule has 1 atom stereocenters. The van der Waals surface area contributed by atoms with Gasteiger partial charge in [-0.1, -0.05) is 25.1 Å². The van der Waals surface area contributed by atoms with Crippen molar-refractivity contribution in [3.05, 3.63) is 29.8 Å². The summed E-state index contributed by atoms with van der Waals surface area (Å²) in [6.07, 6.45) is -7.15. The minimum absolute atomic E-state index is 0.205. The van der Waals surface area contributed by atoms with E-state index in [2.05, 4.69) is 10.1 Å². The predicted octanol–water partition coefficient (Wildman–Crippen LogP) is 3.89. The summed E-state index contributed by atoms with van der Waals surface area (Å²) < 4.78 is 66.2. The molecular weight excluding hydrogens is 269 g/mol. The van der Waals surface area contributed by atoms with Gasteiger partial charge in [0.2, 0.25) is 0 Å². The highest BCUT2D eigenvalue weighted by Crippen LogP contribution is 2.32. The lowest BCUT2D eigenvalue weighted by Gasteiger charge is -2.21. The molecule has 0 aliphatic rings. The van der Waals surface area contributed by atoms with E-state index in [0.717, 1.165) is 6.07 Å². The average Bonchev–Trinajstić information content (AvgIpc) is 2.29. The highest BCUT2D eigenvalue weighted by Gasteiger charge is 2.34. The Balaban J connectivity index is 3.01. The lowest BCUT2D eigenvalue weighted by molar-refractivity contribution is -0.275. The molecule has 2 nitrogen and oxygen atoms in total. The van der Waals surface area contributed by atoms with E-state index >= 15 is 0 Å². The van der Waals surface area contributed by atoms with Gasteiger partial charge in [0.25, 0.3) is 6.43 Å². The van der Waals surface area contributed by atoms with E-state index in [1.165, 1.54) is 18.2 Å². The van der Waals surface area contributed by atoms with Crippen LogP contribution in [0, 0.1) is 0 Å². The molecule has 0 aliphatic heterocycles. The van der Waals surface area contributed by atoms with Gasteiger partial charge in [-0.25, -0.2) is 8.78 Å². The molecule has 7 heteroatoms. The summed E-state index contributed by atoms with van der Waals surface area (Å²) >= 11 is 0. The maximum absolute atomic E-state index is 12.9. The van der Waals surface area contributed by atoms with Crippen molar-refractivity contribution in [3.8, 4) is 5.75 Å². The number of hydrogen-bond acceptors (Lipinski definition) is 2. The number of rotatable bonds is 6. The van der Waals surface area contributed by atoms with Gasteiger partial charge in [0.05, 0.1) is 6.04 Å². The van der Waals surface area contributed by atoms with Gasteiger partial charge in [0.1, 0.15) is 5.75 Å². The van der Waals surface area contributed by atoms with Crippen LogP contribution in [-0.4, -0.2) is 19.3 Å². The van der Waals surface area contributed by atoms with Crippen molar-refractivity contribution in [2.45, 2.75) is 32.2 Å². The number of nitrogens with one attached hydrogen (secondary N) is 1. The zero-order valence-corrected chi connectivity index (χ0v) is 10.2. The van der Waals surface area contributed by atoms with Gasteiger partial charge in [-0.15, -0.1) is 13.2 Å². The summed E-state index contributed by atoms with van der Waals surface area (Å²) in [5, 5.41) is 2.51. The SMILES string of the molecule is CCCNC(c1ccccc1OC(F)(F)F)C(F)F. The average molecular weight is 283 g/mol. The topological polar surface area (TPSA) is 21.3 Å². The van der Waals surface area contributed by atoms with E-state index in [9.17, 15) is 22.0 Å². The molecule has 0 aromatic heterocycles. The molecule has 1 rings (SSSR count). The van der Waals surface area contributed by atoms with Gasteiger partial charge < -0.3 is 10.1 Å². The highest BCUT2D eigenvalue weighted by atomic mass is 19.4. The molecule has 0 heterocycles. The summed E-state index contributed by atoms with van der Waals surface area (Å²) in [5.74, 6) is -0.607. The second kappa shape index (κ2) is 6.70. The molecule has 19 heavy (non-hydrogen) atoms. The smallest absolute Gasteiger partial charge is 0.405 e. The first kappa shape index (κ1) is 15.7. The van der Waals surface area contributed by atoms with Crippen LogP contribution in [0.4, 0.5) is 22.0 Å². The van der Waals surface area contributed by atoms with Crippen molar-refractivity contribution < 1.29 is 26.7 Å². The Labute approximate surface area is 107 Å². The van der Waals surface area contributed by atoms with Gasteiger partial charge in [-0.2, -0.15) is 0 Å². The number of para-hydroxylation sites is 1. The maximum Gasteiger partial charge on any atom is 0.573 e. The summed E-state index contributed by atoms with van der Waals surface area (Å²) in [5.41, 5.74) is -0.205. The maximum atomic E-state index is 12.9. The van der Waals surface area contributed by atoms with Crippen LogP contribution in [0.25, 0.3) is 0 Å². The van der Waals surface area contributed by atoms with Crippen LogP contribution in [0.2, 0.25) is 0 Å². The molecule has 0 bridgehead atoms. The Morgan fingerprint density at radius 2 is 1.84 bits per heavy atom. The quantitative estimate of drug-likeness (QED) is 0.800. The lowest BCUT2D eigenvalue weighted by Crippen LogP contribution is -2.29. The van der Waals surface area contributed by atoms with Gasteiger partial charge in [-0.3, -0.25) is 0 Å². The third-order valence-corrected chi connectivity index (χ3v) is 2.35. The second-order valence-corrected chi connectivity index (χ2v) is 3.85. The van der Waals surface area contributed by atoms with E-state index < -0.39 is 24.6 Å². The van der Waals surface area contributed by atoms with Gasteiger partial charge >= 0.3 is 6.36 Å². The first-order valence-corrected chi connectivity index (χ1v) is 5.71. The van der Waals surface area contributed by atoms with Gasteiger partial charge in [0, 0.05) is 5.56 Å². The van der Waals surface area contributed by atoms with Crippen molar-refractivity contribution in [3.63, 3.8) is 0 Å². The van der Waals surface area contributed by atoms with Crippen molar-refractivity contribution >= 4 is 0 Å². The Kier molecular flexibility index (Phi) is 5.53. The molecule has 108 valence electrons. The molecule has 0 spiro atoms. The van der Waals surface area contributed by atoms with E-state index in [1.807, 2.05) is 0 Å². The van der Waals surface area contributed by atoms with Crippen molar-refractivity contribution in [2.75, 3.05) is 6.54 Å². The molecule has 0 saturated heterocycles. The Morgan fingerprint density at radius 3 is 2.37 bits per heavy atom. The first-order chi connectivity index (χ1) is 8.85. The molecule has 1 aromatic carbocycles. The third kappa shape index (κ3) is 5.02. The van der Waals surface area contributed by atoms with E-state index in [1.54, 1.807) is 6.92 Å². The zero-order valence-electron chi connectivity index (χ0n) is 10.2. The normalized spacial score (nSPS) is 13.6. The van der Waals surface area contributed by atoms with E-state index in [0.29, 0.717) is 6.42 Å². The van der Waals surface area contributed by atoms with Crippen molar-refractivity contribution in [1.29, 1.82) is 0 Å². The van der Waals surface area contributed by atoms with Crippen LogP contribution in [0.5, 0.6) is 5.75 Å². The Morgan fingerprint density at radius 1 is 1.21 bits per heavy atom. The van der Waals surface area contributed by atoms with Gasteiger partial charge in [-0.05, 0) is 19.0 Å². The largest absolute Gasteiger partial charge is 0.573 e. The summed E-state index contributed by atoms with van der Waals surface area (Å²) in [4.78, 5) is 0. The number of benzene rings is 1. The van der Waals surface area contributed by atoms with Crippen molar-refractivity contribution in [2.24, 2.45) is 0 Å². The molecule has 0 amide bonds. The third-order valence-electron chi connectivity index (χ3n) is 2.35. The predicted molar refractivity (Wildman–Crippen MR) is 60.2 cm³/mol. The number of ether oxygens (including phenoxy) is 1. The Bertz CT molecular complexity index is 394. The minimum Gasteiger partial charge on any atom is -0.405 e. The highest BCUT2D eigenvalue weighted by molar-refractivity contribution is 5.36. The molecule has 0 fully saturated rings. The van der Waals surface area contributed by atoms with Crippen LogP contribution < -0.4 is 10.1 Å². The van der Waals surface area contributed by atoms with Crippen LogP contribution in [0.1, 0.15) is 24.9 Å². The Hall–Kier alpha value is -1.37. The number of halogens is 5. The number of alkyl halides is 5. The molecule has 0 radical (unpaired) electrons. The molecule has 0 saturated carbocycles. The van der Waals surface area contributed by atoms with E-state index in [-0.39, 0.29) is 12.1 Å².